The van der Waals surface area contributed by atoms with Gasteiger partial charge in [0.2, 0.25) is 0 Å². The van der Waals surface area contributed by atoms with Gasteiger partial charge in [0.1, 0.15) is 0 Å². The molecular formula is C13H17Br2NO. The number of carbonyl (C=O) groups excluding carboxylic acids is 1. The van der Waals surface area contributed by atoms with Gasteiger partial charge >= 0.3 is 0 Å². The van der Waals surface area contributed by atoms with Gasteiger partial charge in [-0.1, -0.05) is 38.8 Å². The molecule has 0 N–H and O–H groups in total. The average Bonchev–Trinajstić information content (AvgIpc) is 2.25. The molecule has 0 aromatic heterocycles. The zero-order valence-corrected chi connectivity index (χ0v) is 13.5. The zero-order chi connectivity index (χ0) is 13.0. The number of hydrogen-bond donors (Lipinski definition) is 0. The first kappa shape index (κ1) is 14.7. The van der Waals surface area contributed by atoms with Crippen LogP contribution in [0.3, 0.4) is 0 Å². The Bertz CT molecular complexity index is 404. The van der Waals surface area contributed by atoms with E-state index in [-0.39, 0.29) is 5.91 Å². The highest BCUT2D eigenvalue weighted by Gasteiger charge is 2.14. The molecule has 0 bridgehead atoms. The molecular weight excluding hydrogens is 346 g/mol. The van der Waals surface area contributed by atoms with Crippen LogP contribution in [0.15, 0.2) is 22.7 Å². The number of benzene rings is 1. The molecule has 2 nitrogen and oxygen atoms in total. The normalized spacial score (nSPS) is 12.3. The van der Waals surface area contributed by atoms with Gasteiger partial charge in [-0.2, -0.15) is 0 Å². The number of aryl methyl sites for hydroxylation is 1. The van der Waals surface area contributed by atoms with E-state index in [1.54, 1.807) is 4.90 Å². The molecule has 1 amide bonds. The number of alkyl halides is 1. The SMILES string of the molecule is Cc1cc(Br)ccc1C(=O)N(C)CCC(C)Br. The van der Waals surface area contributed by atoms with Gasteiger partial charge in [-0.25, -0.2) is 0 Å². The second-order valence-electron chi connectivity index (χ2n) is 4.26. The second kappa shape index (κ2) is 6.55. The summed E-state index contributed by atoms with van der Waals surface area (Å²) < 4.78 is 1.00. The average molecular weight is 363 g/mol. The molecule has 1 aromatic rings. The lowest BCUT2D eigenvalue weighted by Crippen LogP contribution is -2.29. The monoisotopic (exact) mass is 361 g/mol. The maximum absolute atomic E-state index is 12.2. The third-order valence-electron chi connectivity index (χ3n) is 2.63. The van der Waals surface area contributed by atoms with Crippen LogP contribution in [0.4, 0.5) is 0 Å². The van der Waals surface area contributed by atoms with E-state index >= 15 is 0 Å². The molecule has 1 rings (SSSR count). The van der Waals surface area contributed by atoms with Gasteiger partial charge in [0.05, 0.1) is 0 Å². The molecule has 0 aliphatic rings. The summed E-state index contributed by atoms with van der Waals surface area (Å²) in [7, 11) is 1.85. The molecule has 0 radical (unpaired) electrons. The lowest BCUT2D eigenvalue weighted by molar-refractivity contribution is 0.0793. The number of amides is 1. The van der Waals surface area contributed by atoms with Gasteiger partial charge in [0.15, 0.2) is 0 Å². The summed E-state index contributed by atoms with van der Waals surface area (Å²) in [6.07, 6.45) is 0.956. The summed E-state index contributed by atoms with van der Waals surface area (Å²) in [4.78, 5) is 14.4. The van der Waals surface area contributed by atoms with Crippen LogP contribution < -0.4 is 0 Å². The zero-order valence-electron chi connectivity index (χ0n) is 10.3. The third kappa shape index (κ3) is 4.43. The molecule has 94 valence electrons. The standard InChI is InChI=1S/C13H17Br2NO/c1-9-8-11(15)4-5-12(9)13(17)16(3)7-6-10(2)14/h4-5,8,10H,6-7H2,1-3H3. The summed E-state index contributed by atoms with van der Waals surface area (Å²) in [6, 6.07) is 5.74. The minimum absolute atomic E-state index is 0.0863. The Morgan fingerprint density at radius 3 is 2.65 bits per heavy atom. The molecule has 1 atom stereocenters. The van der Waals surface area contributed by atoms with Crippen molar-refractivity contribution in [2.24, 2.45) is 0 Å². The quantitative estimate of drug-likeness (QED) is 0.741. The van der Waals surface area contributed by atoms with E-state index in [4.69, 9.17) is 0 Å². The minimum Gasteiger partial charge on any atom is -0.342 e. The summed E-state index contributed by atoms with van der Waals surface area (Å²) in [5.41, 5.74) is 1.78. The fourth-order valence-corrected chi connectivity index (χ4v) is 2.23. The third-order valence-corrected chi connectivity index (χ3v) is 3.58. The molecule has 0 saturated carbocycles. The van der Waals surface area contributed by atoms with Crippen molar-refractivity contribution in [3.05, 3.63) is 33.8 Å². The van der Waals surface area contributed by atoms with E-state index in [0.717, 1.165) is 28.6 Å². The highest BCUT2D eigenvalue weighted by molar-refractivity contribution is 9.10. The first-order valence-electron chi connectivity index (χ1n) is 5.57. The van der Waals surface area contributed by atoms with E-state index < -0.39 is 0 Å². The van der Waals surface area contributed by atoms with Crippen LogP contribution in [0.25, 0.3) is 0 Å². The van der Waals surface area contributed by atoms with E-state index in [2.05, 4.69) is 38.8 Å². The predicted molar refractivity (Wildman–Crippen MR) is 78.8 cm³/mol. The van der Waals surface area contributed by atoms with Crippen molar-refractivity contribution in [1.29, 1.82) is 0 Å². The Morgan fingerprint density at radius 1 is 1.47 bits per heavy atom. The maximum atomic E-state index is 12.2. The molecule has 0 saturated heterocycles. The van der Waals surface area contributed by atoms with Gasteiger partial charge in [-0.3, -0.25) is 4.79 Å². The van der Waals surface area contributed by atoms with E-state index in [0.29, 0.717) is 4.83 Å². The molecule has 0 aliphatic heterocycles. The highest BCUT2D eigenvalue weighted by Crippen LogP contribution is 2.17. The molecule has 0 heterocycles. The number of hydrogen-bond acceptors (Lipinski definition) is 1. The van der Waals surface area contributed by atoms with E-state index in [1.165, 1.54) is 0 Å². The Balaban J connectivity index is 2.75. The van der Waals surface area contributed by atoms with Crippen molar-refractivity contribution in [1.82, 2.24) is 4.90 Å². The van der Waals surface area contributed by atoms with Gasteiger partial charge in [-0.05, 0) is 37.1 Å². The van der Waals surface area contributed by atoms with Gasteiger partial charge < -0.3 is 4.90 Å². The number of halogens is 2. The lowest BCUT2D eigenvalue weighted by Gasteiger charge is -2.19. The summed E-state index contributed by atoms with van der Waals surface area (Å²) in [5, 5.41) is 0. The van der Waals surface area contributed by atoms with Crippen LogP contribution >= 0.6 is 31.9 Å². The Morgan fingerprint density at radius 2 is 2.12 bits per heavy atom. The Labute approximate surface area is 120 Å². The lowest BCUT2D eigenvalue weighted by atomic mass is 10.1. The van der Waals surface area contributed by atoms with Crippen LogP contribution in [0.5, 0.6) is 0 Å². The predicted octanol–water partition coefficient (Wildman–Crippen LogP) is 4.00. The largest absolute Gasteiger partial charge is 0.342 e. The summed E-state index contributed by atoms with van der Waals surface area (Å²) in [5.74, 6) is 0.0863. The summed E-state index contributed by atoms with van der Waals surface area (Å²) >= 11 is 6.89. The van der Waals surface area contributed by atoms with Crippen LogP contribution in [-0.4, -0.2) is 29.2 Å². The van der Waals surface area contributed by atoms with Gasteiger partial charge in [0, 0.05) is 28.5 Å². The van der Waals surface area contributed by atoms with Crippen LogP contribution in [0, 0.1) is 6.92 Å². The van der Waals surface area contributed by atoms with Crippen molar-refractivity contribution in [3.8, 4) is 0 Å². The van der Waals surface area contributed by atoms with E-state index in [1.807, 2.05) is 32.2 Å². The van der Waals surface area contributed by atoms with Crippen molar-refractivity contribution in [2.45, 2.75) is 25.1 Å². The Hall–Kier alpha value is -0.350. The number of carbonyl (C=O) groups is 1. The minimum atomic E-state index is 0.0863. The Kier molecular flexibility index (Phi) is 5.67. The van der Waals surface area contributed by atoms with Crippen molar-refractivity contribution in [3.63, 3.8) is 0 Å². The fourth-order valence-electron chi connectivity index (χ4n) is 1.55. The van der Waals surface area contributed by atoms with Crippen LogP contribution in [-0.2, 0) is 0 Å². The first-order valence-corrected chi connectivity index (χ1v) is 7.28. The number of nitrogens with zero attached hydrogens (tertiary/aromatic N) is 1. The smallest absolute Gasteiger partial charge is 0.253 e. The highest BCUT2D eigenvalue weighted by atomic mass is 79.9. The molecule has 0 spiro atoms. The molecule has 1 aromatic carbocycles. The van der Waals surface area contributed by atoms with Gasteiger partial charge in [-0.15, -0.1) is 0 Å². The fraction of sp³-hybridized carbons (Fsp3) is 0.462. The van der Waals surface area contributed by atoms with Crippen molar-refractivity contribution < 1.29 is 4.79 Å². The maximum Gasteiger partial charge on any atom is 0.253 e. The molecule has 0 aliphatic carbocycles. The van der Waals surface area contributed by atoms with Crippen molar-refractivity contribution in [2.75, 3.05) is 13.6 Å². The van der Waals surface area contributed by atoms with Crippen molar-refractivity contribution >= 4 is 37.8 Å². The van der Waals surface area contributed by atoms with E-state index in [9.17, 15) is 4.79 Å². The summed E-state index contributed by atoms with van der Waals surface area (Å²) in [6.45, 7) is 4.81. The van der Waals surface area contributed by atoms with Gasteiger partial charge in [0.25, 0.3) is 5.91 Å². The van der Waals surface area contributed by atoms with Crippen LogP contribution in [0.1, 0.15) is 29.3 Å². The molecule has 17 heavy (non-hydrogen) atoms. The topological polar surface area (TPSA) is 20.3 Å². The van der Waals surface area contributed by atoms with Crippen LogP contribution in [0.2, 0.25) is 0 Å². The second-order valence-corrected chi connectivity index (χ2v) is 6.73. The molecule has 1 unspecified atom stereocenters. The molecule has 0 fully saturated rings. The first-order chi connectivity index (χ1) is 7.91. The molecule has 4 heteroatoms. The number of rotatable bonds is 4.